The van der Waals surface area contributed by atoms with E-state index in [4.69, 9.17) is 0 Å². The van der Waals surface area contributed by atoms with Crippen molar-refractivity contribution in [1.82, 2.24) is 19.4 Å². The summed E-state index contributed by atoms with van der Waals surface area (Å²) in [5, 5.41) is 3.89. The standard InChI is InChI=1S/C25H30N6O2/c1-6-16(2)31-23-21(17(3)22(18(4)32)24(31)33)15-26-25(28-23)27-19-7-9-20(10-8-19)30-13-11-29(5)12-14-30/h7-10,15H,2,6,11-14H2,1,3-5H3,(H,26,27,28). The predicted molar refractivity (Wildman–Crippen MR) is 134 cm³/mol. The van der Waals surface area contributed by atoms with Crippen molar-refractivity contribution in [2.45, 2.75) is 27.2 Å². The summed E-state index contributed by atoms with van der Waals surface area (Å²) in [6, 6.07) is 8.19. The van der Waals surface area contributed by atoms with Crippen LogP contribution in [0.1, 0.15) is 36.2 Å². The average molecular weight is 447 g/mol. The molecule has 172 valence electrons. The Labute approximate surface area is 193 Å². The van der Waals surface area contributed by atoms with Gasteiger partial charge in [-0.05, 0) is 57.1 Å². The van der Waals surface area contributed by atoms with E-state index >= 15 is 0 Å². The number of benzene rings is 1. The van der Waals surface area contributed by atoms with Crippen LogP contribution < -0.4 is 15.8 Å². The number of pyridine rings is 1. The van der Waals surface area contributed by atoms with Crippen LogP contribution in [0.3, 0.4) is 0 Å². The zero-order valence-corrected chi connectivity index (χ0v) is 19.7. The lowest BCUT2D eigenvalue weighted by Gasteiger charge is -2.34. The highest BCUT2D eigenvalue weighted by Crippen LogP contribution is 2.24. The molecule has 3 aromatic rings. The lowest BCUT2D eigenvalue weighted by Crippen LogP contribution is -2.44. The molecular weight excluding hydrogens is 416 g/mol. The quantitative estimate of drug-likeness (QED) is 0.578. The molecule has 3 heterocycles. The van der Waals surface area contributed by atoms with Gasteiger partial charge < -0.3 is 15.1 Å². The first-order valence-corrected chi connectivity index (χ1v) is 11.2. The number of piperazine rings is 1. The van der Waals surface area contributed by atoms with Gasteiger partial charge in [-0.2, -0.15) is 4.98 Å². The van der Waals surface area contributed by atoms with Gasteiger partial charge in [-0.1, -0.05) is 13.5 Å². The van der Waals surface area contributed by atoms with Gasteiger partial charge in [0.15, 0.2) is 11.4 Å². The molecule has 1 aliphatic rings. The van der Waals surface area contributed by atoms with Crippen LogP contribution >= 0.6 is 0 Å². The van der Waals surface area contributed by atoms with Gasteiger partial charge in [-0.3, -0.25) is 14.2 Å². The molecule has 1 saturated heterocycles. The fourth-order valence-corrected chi connectivity index (χ4v) is 4.19. The maximum atomic E-state index is 13.1. The van der Waals surface area contributed by atoms with Crippen molar-refractivity contribution in [2.75, 3.05) is 43.4 Å². The van der Waals surface area contributed by atoms with E-state index in [9.17, 15) is 9.59 Å². The van der Waals surface area contributed by atoms with Crippen molar-refractivity contribution in [1.29, 1.82) is 0 Å². The fraction of sp³-hybridized carbons (Fsp3) is 0.360. The molecule has 33 heavy (non-hydrogen) atoms. The van der Waals surface area contributed by atoms with Gasteiger partial charge in [-0.15, -0.1) is 0 Å². The molecule has 1 aliphatic heterocycles. The van der Waals surface area contributed by atoms with E-state index in [0.717, 1.165) is 31.9 Å². The third kappa shape index (κ3) is 4.39. The van der Waals surface area contributed by atoms with Crippen molar-refractivity contribution < 1.29 is 4.79 Å². The summed E-state index contributed by atoms with van der Waals surface area (Å²) >= 11 is 0. The van der Waals surface area contributed by atoms with Crippen LogP contribution in [0.15, 0.2) is 41.8 Å². The van der Waals surface area contributed by atoms with E-state index in [1.807, 2.05) is 19.1 Å². The minimum absolute atomic E-state index is 0.154. The number of carbonyl (C=O) groups is 1. The number of rotatable bonds is 6. The number of anilines is 3. The van der Waals surface area contributed by atoms with Gasteiger partial charge >= 0.3 is 0 Å². The summed E-state index contributed by atoms with van der Waals surface area (Å²) in [7, 11) is 2.14. The first-order valence-electron chi connectivity index (χ1n) is 11.2. The van der Waals surface area contributed by atoms with Crippen LogP contribution in [0.4, 0.5) is 17.3 Å². The molecule has 0 atom stereocenters. The summed E-state index contributed by atoms with van der Waals surface area (Å²) in [5.41, 5.74) is 3.42. The minimum atomic E-state index is -0.388. The number of nitrogens with zero attached hydrogens (tertiary/aromatic N) is 5. The summed E-state index contributed by atoms with van der Waals surface area (Å²) in [6.07, 6.45) is 2.21. The molecular formula is C25H30N6O2. The zero-order valence-electron chi connectivity index (χ0n) is 19.7. The number of aryl methyl sites for hydroxylation is 1. The predicted octanol–water partition coefficient (Wildman–Crippen LogP) is 3.68. The highest BCUT2D eigenvalue weighted by molar-refractivity contribution is 6.00. The summed E-state index contributed by atoms with van der Waals surface area (Å²) in [6.45, 7) is 13.2. The van der Waals surface area contributed by atoms with E-state index in [0.29, 0.717) is 34.7 Å². The van der Waals surface area contributed by atoms with Gasteiger partial charge in [0.05, 0.1) is 5.56 Å². The van der Waals surface area contributed by atoms with Crippen molar-refractivity contribution >= 4 is 39.8 Å². The SMILES string of the molecule is C=C(CC)n1c(=O)c(C(C)=O)c(C)c2cnc(Nc3ccc(N4CCN(C)CC4)cc3)nc21. The Bertz CT molecular complexity index is 1270. The summed E-state index contributed by atoms with van der Waals surface area (Å²) < 4.78 is 1.43. The molecule has 4 rings (SSSR count). The number of hydrogen-bond donors (Lipinski definition) is 1. The Hall–Kier alpha value is -3.52. The maximum Gasteiger partial charge on any atom is 0.267 e. The largest absolute Gasteiger partial charge is 0.369 e. The molecule has 0 unspecified atom stereocenters. The smallest absolute Gasteiger partial charge is 0.267 e. The van der Waals surface area contributed by atoms with Gasteiger partial charge in [0.1, 0.15) is 0 Å². The van der Waals surface area contributed by atoms with E-state index in [-0.39, 0.29) is 16.9 Å². The number of hydrogen-bond acceptors (Lipinski definition) is 7. The average Bonchev–Trinajstić information content (AvgIpc) is 2.79. The number of ketones is 1. The van der Waals surface area contributed by atoms with E-state index in [2.05, 4.69) is 50.8 Å². The fourth-order valence-electron chi connectivity index (χ4n) is 4.19. The van der Waals surface area contributed by atoms with E-state index in [1.165, 1.54) is 17.2 Å². The van der Waals surface area contributed by atoms with Gasteiger partial charge in [-0.25, -0.2) is 4.98 Å². The second kappa shape index (κ2) is 9.15. The number of aromatic nitrogens is 3. The normalized spacial score (nSPS) is 14.5. The van der Waals surface area contributed by atoms with Crippen LogP contribution in [0.2, 0.25) is 0 Å². The first kappa shape index (κ1) is 22.7. The third-order valence-electron chi connectivity index (χ3n) is 6.24. The van der Waals surface area contributed by atoms with Crippen molar-refractivity contribution in [2.24, 2.45) is 0 Å². The third-order valence-corrected chi connectivity index (χ3v) is 6.24. The first-order chi connectivity index (χ1) is 15.8. The number of likely N-dealkylation sites (N-methyl/N-ethyl adjacent to an activating group) is 1. The molecule has 1 fully saturated rings. The second-order valence-corrected chi connectivity index (χ2v) is 8.51. The van der Waals surface area contributed by atoms with Crippen molar-refractivity contribution in [3.63, 3.8) is 0 Å². The maximum absolute atomic E-state index is 13.1. The minimum Gasteiger partial charge on any atom is -0.369 e. The highest BCUT2D eigenvalue weighted by Gasteiger charge is 2.20. The van der Waals surface area contributed by atoms with Crippen LogP contribution in [0.25, 0.3) is 16.7 Å². The molecule has 8 heteroatoms. The van der Waals surface area contributed by atoms with Gasteiger partial charge in [0.2, 0.25) is 5.95 Å². The molecule has 0 spiro atoms. The van der Waals surface area contributed by atoms with Crippen LogP contribution in [0, 0.1) is 6.92 Å². The van der Waals surface area contributed by atoms with Crippen molar-refractivity contribution in [3.05, 3.63) is 58.5 Å². The van der Waals surface area contributed by atoms with Crippen LogP contribution in [0.5, 0.6) is 0 Å². The highest BCUT2D eigenvalue weighted by atomic mass is 16.1. The van der Waals surface area contributed by atoms with Crippen LogP contribution in [-0.2, 0) is 0 Å². The number of fused-ring (bicyclic) bond motifs is 1. The molecule has 8 nitrogen and oxygen atoms in total. The Kier molecular flexibility index (Phi) is 6.29. The van der Waals surface area contributed by atoms with E-state index < -0.39 is 0 Å². The molecule has 1 N–H and O–H groups in total. The molecule has 1 aromatic carbocycles. The summed E-state index contributed by atoms with van der Waals surface area (Å²) in [4.78, 5) is 39.1. The van der Waals surface area contributed by atoms with E-state index in [1.54, 1.807) is 13.1 Å². The number of Topliss-reactive ketones (excluding diaryl/α,β-unsaturated/α-hetero) is 1. The molecule has 0 amide bonds. The lowest BCUT2D eigenvalue weighted by molar-refractivity contribution is 0.101. The topological polar surface area (TPSA) is 83.4 Å². The molecule has 0 aliphatic carbocycles. The Balaban J connectivity index is 1.68. The van der Waals surface area contributed by atoms with Crippen LogP contribution in [-0.4, -0.2) is 58.4 Å². The number of allylic oxidation sites excluding steroid dienone is 1. The number of nitrogens with one attached hydrogen (secondary N) is 1. The van der Waals surface area contributed by atoms with Crippen molar-refractivity contribution in [3.8, 4) is 0 Å². The Morgan fingerprint density at radius 3 is 2.42 bits per heavy atom. The zero-order chi connectivity index (χ0) is 23.7. The monoisotopic (exact) mass is 446 g/mol. The second-order valence-electron chi connectivity index (χ2n) is 8.51. The number of carbonyl (C=O) groups excluding carboxylic acids is 1. The summed E-state index contributed by atoms with van der Waals surface area (Å²) in [5.74, 6) is 0.0987. The molecule has 0 radical (unpaired) electrons. The Morgan fingerprint density at radius 1 is 1.15 bits per heavy atom. The van der Waals surface area contributed by atoms with Gasteiger partial charge in [0.25, 0.3) is 5.56 Å². The molecule has 2 aromatic heterocycles. The lowest BCUT2D eigenvalue weighted by atomic mass is 10.0. The molecule has 0 saturated carbocycles. The van der Waals surface area contributed by atoms with Gasteiger partial charge in [0, 0.05) is 54.8 Å². The Morgan fingerprint density at radius 2 is 1.82 bits per heavy atom. The molecule has 0 bridgehead atoms.